The van der Waals surface area contributed by atoms with Crippen molar-refractivity contribution in [3.63, 3.8) is 0 Å². The summed E-state index contributed by atoms with van der Waals surface area (Å²) in [6.07, 6.45) is 0. The van der Waals surface area contributed by atoms with Gasteiger partial charge in [-0.25, -0.2) is 4.39 Å². The molecule has 2 aromatic carbocycles. The van der Waals surface area contributed by atoms with Gasteiger partial charge >= 0.3 is 0 Å². The van der Waals surface area contributed by atoms with Gasteiger partial charge in [0.2, 0.25) is 11.1 Å². The minimum Gasteiger partial charge on any atom is -0.325 e. The smallest absolute Gasteiger partial charge is 0.237 e. The number of nitrogens with zero attached hydrogens (tertiary/aromatic N) is 4. The SMILES string of the molecule is Cc1ccccc1-n1nnnc1S[C@H](C)C(=O)Nc1ccc(F)c(Cl)c1. The molecule has 1 aromatic heterocycles. The summed E-state index contributed by atoms with van der Waals surface area (Å²) in [5.74, 6) is -0.804. The van der Waals surface area contributed by atoms with Crippen LogP contribution in [-0.4, -0.2) is 31.4 Å². The van der Waals surface area contributed by atoms with Crippen LogP contribution in [0.5, 0.6) is 0 Å². The molecule has 0 aliphatic rings. The third-order valence-electron chi connectivity index (χ3n) is 3.62. The Balaban J connectivity index is 1.73. The number of hydrogen-bond acceptors (Lipinski definition) is 5. The average molecular weight is 392 g/mol. The molecule has 0 fully saturated rings. The number of halogens is 2. The monoisotopic (exact) mass is 391 g/mol. The first kappa shape index (κ1) is 18.3. The molecule has 26 heavy (non-hydrogen) atoms. The molecular weight excluding hydrogens is 377 g/mol. The van der Waals surface area contributed by atoms with Gasteiger partial charge in [-0.1, -0.05) is 41.6 Å². The van der Waals surface area contributed by atoms with Crippen LogP contribution in [0, 0.1) is 12.7 Å². The fourth-order valence-corrected chi connectivity index (χ4v) is 3.22. The number of anilines is 1. The van der Waals surface area contributed by atoms with Crippen molar-refractivity contribution in [2.24, 2.45) is 0 Å². The Morgan fingerprint density at radius 1 is 1.31 bits per heavy atom. The summed E-state index contributed by atoms with van der Waals surface area (Å²) in [5, 5.41) is 14.4. The zero-order valence-corrected chi connectivity index (χ0v) is 15.6. The molecule has 3 aromatic rings. The Morgan fingerprint density at radius 3 is 2.81 bits per heavy atom. The van der Waals surface area contributed by atoms with E-state index in [0.717, 1.165) is 11.3 Å². The van der Waals surface area contributed by atoms with Gasteiger partial charge in [0.05, 0.1) is 16.0 Å². The minimum atomic E-state index is -0.538. The van der Waals surface area contributed by atoms with Crippen LogP contribution in [0.25, 0.3) is 5.69 Å². The van der Waals surface area contributed by atoms with E-state index in [4.69, 9.17) is 11.6 Å². The van der Waals surface area contributed by atoms with Crippen molar-refractivity contribution < 1.29 is 9.18 Å². The van der Waals surface area contributed by atoms with Gasteiger partial charge in [0.1, 0.15) is 5.82 Å². The van der Waals surface area contributed by atoms with E-state index in [1.165, 1.54) is 30.0 Å². The van der Waals surface area contributed by atoms with Crippen molar-refractivity contribution in [2.45, 2.75) is 24.3 Å². The highest BCUT2D eigenvalue weighted by molar-refractivity contribution is 8.00. The van der Waals surface area contributed by atoms with Gasteiger partial charge in [-0.2, -0.15) is 4.68 Å². The number of rotatable bonds is 5. The second-order valence-electron chi connectivity index (χ2n) is 5.54. The highest BCUT2D eigenvalue weighted by atomic mass is 35.5. The largest absolute Gasteiger partial charge is 0.325 e. The number of tetrazole rings is 1. The zero-order chi connectivity index (χ0) is 18.7. The standard InChI is InChI=1S/C17H15ClFN5OS/c1-10-5-3-4-6-15(10)24-17(21-22-23-24)26-11(2)16(25)20-12-7-8-14(19)13(18)9-12/h3-9,11H,1-2H3,(H,20,25)/t11-/m1/s1. The molecule has 0 unspecified atom stereocenters. The summed E-state index contributed by atoms with van der Waals surface area (Å²) < 4.78 is 14.8. The number of carbonyl (C=O) groups is 1. The van der Waals surface area contributed by atoms with Crippen molar-refractivity contribution in [1.82, 2.24) is 20.2 Å². The highest BCUT2D eigenvalue weighted by Gasteiger charge is 2.20. The van der Waals surface area contributed by atoms with Gasteiger partial charge in [0.15, 0.2) is 0 Å². The number of carbonyl (C=O) groups excluding carboxylic acids is 1. The highest BCUT2D eigenvalue weighted by Crippen LogP contribution is 2.26. The van der Waals surface area contributed by atoms with E-state index >= 15 is 0 Å². The fraction of sp³-hybridized carbons (Fsp3) is 0.176. The van der Waals surface area contributed by atoms with Crippen LogP contribution in [0.2, 0.25) is 5.02 Å². The van der Waals surface area contributed by atoms with E-state index in [9.17, 15) is 9.18 Å². The molecule has 9 heteroatoms. The maximum absolute atomic E-state index is 13.2. The molecule has 0 bridgehead atoms. The lowest BCUT2D eigenvalue weighted by Crippen LogP contribution is -2.23. The van der Waals surface area contributed by atoms with Crippen LogP contribution in [-0.2, 0) is 4.79 Å². The van der Waals surface area contributed by atoms with Gasteiger partial charge in [-0.15, -0.1) is 5.10 Å². The summed E-state index contributed by atoms with van der Waals surface area (Å²) in [7, 11) is 0. The lowest BCUT2D eigenvalue weighted by atomic mass is 10.2. The van der Waals surface area contributed by atoms with Crippen molar-refractivity contribution in [3.8, 4) is 5.69 Å². The molecular formula is C17H15ClFN5OS. The van der Waals surface area contributed by atoms with Gasteiger partial charge in [-0.3, -0.25) is 4.79 Å². The third kappa shape index (κ3) is 4.03. The number of amides is 1. The van der Waals surface area contributed by atoms with E-state index in [-0.39, 0.29) is 10.9 Å². The quantitative estimate of drug-likeness (QED) is 0.668. The number of para-hydroxylation sites is 1. The van der Waals surface area contributed by atoms with Crippen molar-refractivity contribution in [2.75, 3.05) is 5.32 Å². The van der Waals surface area contributed by atoms with Crippen molar-refractivity contribution in [1.29, 1.82) is 0 Å². The topological polar surface area (TPSA) is 72.7 Å². The Hall–Kier alpha value is -2.45. The number of benzene rings is 2. The molecule has 0 radical (unpaired) electrons. The predicted octanol–water partition coefficient (Wildman–Crippen LogP) is 3.88. The van der Waals surface area contributed by atoms with Crippen molar-refractivity contribution >= 4 is 35.0 Å². The summed E-state index contributed by atoms with van der Waals surface area (Å²) in [4.78, 5) is 12.4. The Morgan fingerprint density at radius 2 is 2.08 bits per heavy atom. The van der Waals surface area contributed by atoms with E-state index in [0.29, 0.717) is 10.8 Å². The maximum Gasteiger partial charge on any atom is 0.237 e. The average Bonchev–Trinajstić information content (AvgIpc) is 3.06. The first-order valence-corrected chi connectivity index (χ1v) is 8.98. The maximum atomic E-state index is 13.2. The molecule has 1 N–H and O–H groups in total. The van der Waals surface area contributed by atoms with Gasteiger partial charge in [0.25, 0.3) is 0 Å². The van der Waals surface area contributed by atoms with Crippen molar-refractivity contribution in [3.05, 3.63) is 58.9 Å². The Bertz CT molecular complexity index is 948. The van der Waals surface area contributed by atoms with E-state index in [1.807, 2.05) is 31.2 Å². The lowest BCUT2D eigenvalue weighted by Gasteiger charge is -2.12. The fourth-order valence-electron chi connectivity index (χ4n) is 2.23. The van der Waals surface area contributed by atoms with E-state index in [1.54, 1.807) is 11.6 Å². The van der Waals surface area contributed by atoms with E-state index < -0.39 is 11.1 Å². The number of thioether (sulfide) groups is 1. The molecule has 0 aliphatic carbocycles. The van der Waals surface area contributed by atoms with E-state index in [2.05, 4.69) is 20.8 Å². The van der Waals surface area contributed by atoms with Crippen LogP contribution in [0.3, 0.4) is 0 Å². The Labute approximate surface area is 158 Å². The molecule has 0 spiro atoms. The molecule has 134 valence electrons. The normalized spacial score (nSPS) is 12.0. The predicted molar refractivity (Wildman–Crippen MR) is 99.2 cm³/mol. The molecule has 6 nitrogen and oxygen atoms in total. The third-order valence-corrected chi connectivity index (χ3v) is 4.95. The van der Waals surface area contributed by atoms with Crippen LogP contribution < -0.4 is 5.32 Å². The van der Waals surface area contributed by atoms with Gasteiger partial charge < -0.3 is 5.32 Å². The molecule has 0 saturated carbocycles. The summed E-state index contributed by atoms with van der Waals surface area (Å²) >= 11 is 6.96. The zero-order valence-electron chi connectivity index (χ0n) is 14.0. The van der Waals surface area contributed by atoms with Crippen LogP contribution in [0.1, 0.15) is 12.5 Å². The minimum absolute atomic E-state index is 0.0494. The second kappa shape index (κ2) is 7.84. The lowest BCUT2D eigenvalue weighted by molar-refractivity contribution is -0.115. The van der Waals surface area contributed by atoms with Gasteiger partial charge in [0, 0.05) is 5.69 Å². The molecule has 0 saturated heterocycles. The van der Waals surface area contributed by atoms with Crippen LogP contribution >= 0.6 is 23.4 Å². The summed E-state index contributed by atoms with van der Waals surface area (Å²) in [6.45, 7) is 3.70. The molecule has 0 aliphatic heterocycles. The first-order chi connectivity index (χ1) is 12.5. The summed E-state index contributed by atoms with van der Waals surface area (Å²) in [5.41, 5.74) is 2.28. The summed E-state index contributed by atoms with van der Waals surface area (Å²) in [6, 6.07) is 11.7. The molecule has 1 atom stereocenters. The number of aromatic nitrogens is 4. The molecule has 3 rings (SSSR count). The number of aryl methyl sites for hydroxylation is 1. The number of hydrogen-bond donors (Lipinski definition) is 1. The van der Waals surface area contributed by atoms with Crippen LogP contribution in [0.4, 0.5) is 10.1 Å². The van der Waals surface area contributed by atoms with Crippen LogP contribution in [0.15, 0.2) is 47.6 Å². The second-order valence-corrected chi connectivity index (χ2v) is 7.25. The first-order valence-electron chi connectivity index (χ1n) is 7.72. The van der Waals surface area contributed by atoms with Gasteiger partial charge in [-0.05, 0) is 54.1 Å². The Kier molecular flexibility index (Phi) is 5.53. The molecule has 1 heterocycles. The number of nitrogens with one attached hydrogen (secondary N) is 1. The molecule has 1 amide bonds.